The average molecular weight is 516 g/mol. The molecule has 0 amide bonds. The second kappa shape index (κ2) is 11.3. The van der Waals surface area contributed by atoms with Gasteiger partial charge in [-0.05, 0) is 23.6 Å². The van der Waals surface area contributed by atoms with Crippen molar-refractivity contribution in [1.82, 2.24) is 15.8 Å². The Morgan fingerprint density at radius 1 is 1.14 bits per heavy atom. The number of benzene rings is 1. The van der Waals surface area contributed by atoms with Gasteiger partial charge in [0.1, 0.15) is 0 Å². The molecule has 2 aromatic rings. The van der Waals surface area contributed by atoms with Crippen molar-refractivity contribution in [2.24, 2.45) is 4.99 Å². The molecule has 7 nitrogen and oxygen atoms in total. The van der Waals surface area contributed by atoms with Crippen molar-refractivity contribution in [2.75, 3.05) is 27.8 Å². The van der Waals surface area contributed by atoms with Gasteiger partial charge in [-0.15, -0.1) is 24.0 Å². The molecule has 2 rings (SSSR count). The summed E-state index contributed by atoms with van der Waals surface area (Å²) in [5, 5.41) is 10.7. The normalized spacial score (nSPS) is 11.8. The van der Waals surface area contributed by atoms with Crippen molar-refractivity contribution in [3.05, 3.63) is 41.3 Å². The molecule has 0 saturated carbocycles. The minimum Gasteiger partial charge on any atom is -0.493 e. The molecule has 162 valence electrons. The molecule has 0 radical (unpaired) electrons. The highest BCUT2D eigenvalue weighted by Gasteiger charge is 2.23. The quantitative estimate of drug-likeness (QED) is 0.313. The number of halogens is 1. The predicted octanol–water partition coefficient (Wildman–Crippen LogP) is 4.08. The van der Waals surface area contributed by atoms with Crippen LogP contribution in [0.1, 0.15) is 50.6 Å². The van der Waals surface area contributed by atoms with Gasteiger partial charge >= 0.3 is 0 Å². The van der Waals surface area contributed by atoms with Crippen LogP contribution in [-0.2, 0) is 12.0 Å². The summed E-state index contributed by atoms with van der Waals surface area (Å²) in [5.41, 5.74) is 1.95. The lowest BCUT2D eigenvalue weighted by atomic mass is 9.84. The number of nitrogens with zero attached hydrogens (tertiary/aromatic N) is 2. The van der Waals surface area contributed by atoms with E-state index in [9.17, 15) is 0 Å². The molecule has 0 aliphatic rings. The van der Waals surface area contributed by atoms with Gasteiger partial charge < -0.3 is 24.6 Å². The molecule has 0 unspecified atom stereocenters. The van der Waals surface area contributed by atoms with E-state index in [2.05, 4.69) is 54.5 Å². The van der Waals surface area contributed by atoms with Crippen molar-refractivity contribution in [2.45, 2.75) is 45.6 Å². The van der Waals surface area contributed by atoms with E-state index in [1.807, 2.05) is 18.2 Å². The summed E-state index contributed by atoms with van der Waals surface area (Å²) in [6, 6.07) is 7.97. The average Bonchev–Trinajstić information content (AvgIpc) is 3.16. The van der Waals surface area contributed by atoms with Crippen molar-refractivity contribution in [3.8, 4) is 11.5 Å². The highest BCUT2D eigenvalue weighted by Crippen LogP contribution is 2.32. The first-order valence-electron chi connectivity index (χ1n) is 9.43. The summed E-state index contributed by atoms with van der Waals surface area (Å²) in [4.78, 5) is 4.29. The van der Waals surface area contributed by atoms with E-state index in [-0.39, 0.29) is 29.4 Å². The Balaban J connectivity index is 0.00000420. The lowest BCUT2D eigenvalue weighted by Crippen LogP contribution is -2.43. The molecule has 0 aliphatic carbocycles. The van der Waals surface area contributed by atoms with Gasteiger partial charge in [-0.1, -0.05) is 38.9 Å². The molecule has 0 aliphatic heterocycles. The van der Waals surface area contributed by atoms with Gasteiger partial charge in [0.05, 0.1) is 26.5 Å². The van der Waals surface area contributed by atoms with E-state index in [1.54, 1.807) is 21.3 Å². The number of guanidine groups is 1. The van der Waals surface area contributed by atoms with Crippen LogP contribution in [-0.4, -0.2) is 38.9 Å². The molecule has 2 N–H and O–H groups in total. The summed E-state index contributed by atoms with van der Waals surface area (Å²) in [6.07, 6.45) is 0. The molecule has 0 fully saturated rings. The van der Waals surface area contributed by atoms with Gasteiger partial charge in [0, 0.05) is 25.1 Å². The lowest BCUT2D eigenvalue weighted by Gasteiger charge is -2.27. The topological polar surface area (TPSA) is 80.9 Å². The summed E-state index contributed by atoms with van der Waals surface area (Å²) in [6.45, 7) is 9.73. The Morgan fingerprint density at radius 2 is 1.83 bits per heavy atom. The van der Waals surface area contributed by atoms with Crippen molar-refractivity contribution < 1.29 is 14.0 Å². The molecule has 1 heterocycles. The monoisotopic (exact) mass is 516 g/mol. The summed E-state index contributed by atoms with van der Waals surface area (Å²) in [5.74, 6) is 3.28. The van der Waals surface area contributed by atoms with Crippen LogP contribution in [0.4, 0.5) is 0 Å². The molecular weight excluding hydrogens is 483 g/mol. The van der Waals surface area contributed by atoms with Gasteiger partial charge in [0.15, 0.2) is 23.2 Å². The van der Waals surface area contributed by atoms with E-state index in [4.69, 9.17) is 14.0 Å². The minimum absolute atomic E-state index is 0. The molecular formula is C21H33IN4O3. The Kier molecular flexibility index (Phi) is 9.75. The van der Waals surface area contributed by atoms with Gasteiger partial charge in [-0.25, -0.2) is 0 Å². The van der Waals surface area contributed by atoms with Gasteiger partial charge in [0.25, 0.3) is 0 Å². The first kappa shape index (κ1) is 25.1. The van der Waals surface area contributed by atoms with E-state index in [0.717, 1.165) is 28.5 Å². The van der Waals surface area contributed by atoms with Crippen LogP contribution in [0.15, 0.2) is 33.8 Å². The number of hydrogen-bond acceptors (Lipinski definition) is 5. The van der Waals surface area contributed by atoms with Gasteiger partial charge in [-0.2, -0.15) is 0 Å². The fourth-order valence-electron chi connectivity index (χ4n) is 2.74. The van der Waals surface area contributed by atoms with Crippen LogP contribution in [0.2, 0.25) is 0 Å². The molecule has 1 aromatic carbocycles. The minimum atomic E-state index is -0.145. The first-order chi connectivity index (χ1) is 13.3. The third-order valence-electron chi connectivity index (χ3n) is 4.69. The molecule has 8 heteroatoms. The van der Waals surface area contributed by atoms with Crippen LogP contribution in [0.5, 0.6) is 11.5 Å². The number of rotatable bonds is 8. The number of methoxy groups -OCH3 is 2. The summed E-state index contributed by atoms with van der Waals surface area (Å²) in [7, 11) is 5.03. The van der Waals surface area contributed by atoms with Crippen LogP contribution >= 0.6 is 24.0 Å². The zero-order chi connectivity index (χ0) is 20.7. The second-order valence-electron chi connectivity index (χ2n) is 7.61. The number of hydrogen-bond donors (Lipinski definition) is 2. The fourth-order valence-corrected chi connectivity index (χ4v) is 2.74. The summed E-state index contributed by atoms with van der Waals surface area (Å²) < 4.78 is 16.1. The highest BCUT2D eigenvalue weighted by molar-refractivity contribution is 14.0. The van der Waals surface area contributed by atoms with E-state index in [1.165, 1.54) is 0 Å². The summed E-state index contributed by atoms with van der Waals surface area (Å²) >= 11 is 0. The number of aromatic nitrogens is 1. The Hall–Kier alpha value is -1.97. The molecule has 0 spiro atoms. The molecule has 0 atom stereocenters. The lowest BCUT2D eigenvalue weighted by molar-refractivity contribution is 0.353. The largest absolute Gasteiger partial charge is 0.493 e. The third kappa shape index (κ3) is 6.80. The standard InChI is InChI=1S/C21H32N4O3.HI/c1-14(2)17-11-16(28-25-17)12-23-20(22-5)24-13-21(3,4)15-8-9-18(26-6)19(10-15)27-7;/h8-11,14H,12-13H2,1-7H3,(H2,22,23,24);1H. The SMILES string of the molecule is CN=C(NCc1cc(C(C)C)no1)NCC(C)(C)c1ccc(OC)c(OC)c1.I. The van der Waals surface area contributed by atoms with Crippen molar-refractivity contribution in [3.63, 3.8) is 0 Å². The molecule has 1 aromatic heterocycles. The van der Waals surface area contributed by atoms with Crippen LogP contribution in [0.25, 0.3) is 0 Å². The number of aliphatic imine (C=N–C) groups is 1. The predicted molar refractivity (Wildman–Crippen MR) is 127 cm³/mol. The van der Waals surface area contributed by atoms with E-state index < -0.39 is 0 Å². The fraction of sp³-hybridized carbons (Fsp3) is 0.524. The highest BCUT2D eigenvalue weighted by atomic mass is 127. The van der Waals surface area contributed by atoms with Crippen molar-refractivity contribution >= 4 is 29.9 Å². The van der Waals surface area contributed by atoms with E-state index >= 15 is 0 Å². The Labute approximate surface area is 190 Å². The smallest absolute Gasteiger partial charge is 0.191 e. The first-order valence-corrected chi connectivity index (χ1v) is 9.43. The Morgan fingerprint density at radius 3 is 2.38 bits per heavy atom. The Bertz CT molecular complexity index is 803. The zero-order valence-electron chi connectivity index (χ0n) is 18.3. The van der Waals surface area contributed by atoms with Gasteiger partial charge in [0.2, 0.25) is 0 Å². The second-order valence-corrected chi connectivity index (χ2v) is 7.61. The molecule has 0 bridgehead atoms. The maximum Gasteiger partial charge on any atom is 0.191 e. The van der Waals surface area contributed by atoms with Crippen LogP contribution in [0, 0.1) is 0 Å². The van der Waals surface area contributed by atoms with Gasteiger partial charge in [-0.3, -0.25) is 4.99 Å². The molecule has 29 heavy (non-hydrogen) atoms. The van der Waals surface area contributed by atoms with E-state index in [0.29, 0.717) is 25.0 Å². The van der Waals surface area contributed by atoms with Crippen LogP contribution in [0.3, 0.4) is 0 Å². The third-order valence-corrected chi connectivity index (χ3v) is 4.69. The maximum absolute atomic E-state index is 5.43. The zero-order valence-corrected chi connectivity index (χ0v) is 20.7. The van der Waals surface area contributed by atoms with Crippen LogP contribution < -0.4 is 20.1 Å². The van der Waals surface area contributed by atoms with Crippen molar-refractivity contribution in [1.29, 1.82) is 0 Å². The molecule has 0 saturated heterocycles. The number of nitrogens with one attached hydrogen (secondary N) is 2. The maximum atomic E-state index is 5.43. The number of ether oxygens (including phenoxy) is 2.